The van der Waals surface area contributed by atoms with Crippen molar-refractivity contribution in [1.29, 1.82) is 0 Å². The zero-order valence-corrected chi connectivity index (χ0v) is 22.5. The van der Waals surface area contributed by atoms with Crippen LogP contribution in [-0.2, 0) is 17.8 Å². The molecular weight excluding hydrogens is 494 g/mol. The number of nitrogens with zero attached hydrogens (tertiary/aromatic N) is 4. The number of carboxylic acid groups (broad SMARTS) is 1. The number of rotatable bonds is 7. The van der Waals surface area contributed by atoms with Crippen molar-refractivity contribution < 1.29 is 18.7 Å². The Hall–Kier alpha value is -3.47. The second kappa shape index (κ2) is 11.9. The first-order valence-corrected chi connectivity index (χ1v) is 12.8. The van der Waals surface area contributed by atoms with Gasteiger partial charge in [0.15, 0.2) is 0 Å². The van der Waals surface area contributed by atoms with Gasteiger partial charge in [-0.1, -0.05) is 0 Å². The van der Waals surface area contributed by atoms with E-state index in [0.29, 0.717) is 47.4 Å². The molecule has 38 heavy (non-hydrogen) atoms. The van der Waals surface area contributed by atoms with Crippen molar-refractivity contribution in [2.24, 2.45) is 17.5 Å². The lowest BCUT2D eigenvalue weighted by atomic mass is 10.1. The summed E-state index contributed by atoms with van der Waals surface area (Å²) in [5.74, 6) is 3.26. The highest BCUT2D eigenvalue weighted by molar-refractivity contribution is 5.65. The zero-order chi connectivity index (χ0) is 28.2. The maximum Gasteiger partial charge on any atom is 0.300 e. The number of hydrazine groups is 1. The number of allylic oxidation sites excluding steroid dienone is 1. The number of halogens is 2. The van der Waals surface area contributed by atoms with Gasteiger partial charge in [-0.25, -0.2) is 19.6 Å². The molecule has 0 radical (unpaired) electrons. The number of aryl methyl sites for hydroxylation is 1. The average molecular weight is 533 g/mol. The largest absolute Gasteiger partial charge is 0.481 e. The van der Waals surface area contributed by atoms with Gasteiger partial charge in [-0.15, -0.1) is 0 Å². The molecule has 4 rings (SSSR count). The summed E-state index contributed by atoms with van der Waals surface area (Å²) >= 11 is 0. The van der Waals surface area contributed by atoms with Crippen LogP contribution in [0.5, 0.6) is 0 Å². The fraction of sp³-hybridized carbons (Fsp3) is 0.519. The van der Waals surface area contributed by atoms with Crippen LogP contribution < -0.4 is 22.0 Å². The van der Waals surface area contributed by atoms with Gasteiger partial charge < -0.3 is 25.3 Å². The van der Waals surface area contributed by atoms with Crippen LogP contribution in [0, 0.1) is 19.8 Å². The molecule has 0 atom stereocenters. The Labute approximate surface area is 221 Å². The topological polar surface area (TPSA) is 131 Å². The zero-order valence-electron chi connectivity index (χ0n) is 22.5. The van der Waals surface area contributed by atoms with Crippen molar-refractivity contribution >= 4 is 17.4 Å². The molecular formula is C27H38F2N6O3. The number of anilines is 1. The van der Waals surface area contributed by atoms with Gasteiger partial charge in [0.05, 0.1) is 41.6 Å². The van der Waals surface area contributed by atoms with Crippen molar-refractivity contribution in [2.75, 3.05) is 25.0 Å². The van der Waals surface area contributed by atoms with Gasteiger partial charge in [-0.2, -0.15) is 0 Å². The molecule has 2 fully saturated rings. The van der Waals surface area contributed by atoms with Crippen molar-refractivity contribution in [1.82, 2.24) is 14.6 Å². The molecule has 1 saturated carbocycles. The number of hydrogen-bond acceptors (Lipinski definition) is 7. The van der Waals surface area contributed by atoms with Crippen LogP contribution in [0.4, 0.5) is 14.5 Å². The third-order valence-corrected chi connectivity index (χ3v) is 6.85. The first-order chi connectivity index (χ1) is 17.8. The van der Waals surface area contributed by atoms with E-state index in [2.05, 4.69) is 4.98 Å². The lowest BCUT2D eigenvalue weighted by Gasteiger charge is -2.34. The Morgan fingerprint density at radius 2 is 1.92 bits per heavy atom. The summed E-state index contributed by atoms with van der Waals surface area (Å²) in [6, 6.07) is 5.51. The number of pyridine rings is 2. The number of aromatic nitrogens is 2. The lowest BCUT2D eigenvalue weighted by molar-refractivity contribution is -0.134. The molecule has 2 aromatic rings. The highest BCUT2D eigenvalue weighted by atomic mass is 19.3. The van der Waals surface area contributed by atoms with Crippen LogP contribution in [0.15, 0.2) is 34.9 Å². The molecule has 0 bridgehead atoms. The van der Waals surface area contributed by atoms with Crippen LogP contribution in [0.1, 0.15) is 55.1 Å². The monoisotopic (exact) mass is 532 g/mol. The van der Waals surface area contributed by atoms with Gasteiger partial charge in [0.1, 0.15) is 0 Å². The van der Waals surface area contributed by atoms with Gasteiger partial charge in [-0.05, 0) is 69.2 Å². The predicted octanol–water partition coefficient (Wildman–Crippen LogP) is 3.27. The van der Waals surface area contributed by atoms with Crippen molar-refractivity contribution in [2.45, 2.75) is 65.3 Å². The van der Waals surface area contributed by atoms with Gasteiger partial charge in [-0.3, -0.25) is 9.59 Å². The van der Waals surface area contributed by atoms with Crippen LogP contribution in [-0.4, -0.2) is 51.7 Å². The van der Waals surface area contributed by atoms with E-state index < -0.39 is 11.9 Å². The minimum atomic E-state index is -2.70. The normalized spacial score (nSPS) is 17.3. The van der Waals surface area contributed by atoms with Gasteiger partial charge in [0.25, 0.3) is 17.5 Å². The van der Waals surface area contributed by atoms with Crippen LogP contribution in [0.3, 0.4) is 0 Å². The summed E-state index contributed by atoms with van der Waals surface area (Å²) in [5.41, 5.74) is 10.9. The van der Waals surface area contributed by atoms with Crippen LogP contribution in [0.2, 0.25) is 0 Å². The fourth-order valence-corrected chi connectivity index (χ4v) is 4.61. The molecule has 208 valence electrons. The third-order valence-electron chi connectivity index (χ3n) is 6.85. The second-order valence-corrected chi connectivity index (χ2v) is 10.2. The summed E-state index contributed by atoms with van der Waals surface area (Å²) in [4.78, 5) is 28.3. The summed E-state index contributed by atoms with van der Waals surface area (Å²) in [6.07, 6.45) is 5.55. The minimum absolute atomic E-state index is 0.0594. The number of piperidine rings is 1. The van der Waals surface area contributed by atoms with E-state index in [9.17, 15) is 13.6 Å². The van der Waals surface area contributed by atoms with E-state index in [1.54, 1.807) is 41.8 Å². The Kier molecular flexibility index (Phi) is 9.14. The highest BCUT2D eigenvalue weighted by Crippen LogP contribution is 2.33. The summed E-state index contributed by atoms with van der Waals surface area (Å²) in [5, 5.41) is 8.81. The maximum atomic E-state index is 13.9. The average Bonchev–Trinajstić information content (AvgIpc) is 3.64. The Morgan fingerprint density at radius 1 is 1.26 bits per heavy atom. The predicted molar refractivity (Wildman–Crippen MR) is 144 cm³/mol. The summed E-state index contributed by atoms with van der Waals surface area (Å²) < 4.78 is 29.4. The van der Waals surface area contributed by atoms with Gasteiger partial charge in [0, 0.05) is 38.7 Å². The molecule has 3 heterocycles. The summed E-state index contributed by atoms with van der Waals surface area (Å²) in [7, 11) is 1.67. The van der Waals surface area contributed by atoms with E-state index in [1.807, 2.05) is 13.0 Å². The van der Waals surface area contributed by atoms with Crippen LogP contribution >= 0.6 is 0 Å². The standard InChI is InChI=1S/C25H34F2N6O.C2H4O2/c1-16-19(13-18-5-6-18)9-12-32(24(16)34)14-22(31(3)29)23(28)20-7-8-21(17(2)30-20)33-11-4-10-25(26,27)15-33;1-2(3)4/h7-9,12,18H,4-6,10-11,13-15,28-29H2,1-3H3;1H3,(H,3,4)/b23-22-;. The van der Waals surface area contributed by atoms with Gasteiger partial charge >= 0.3 is 0 Å². The summed E-state index contributed by atoms with van der Waals surface area (Å²) in [6.45, 7) is 5.19. The van der Waals surface area contributed by atoms with E-state index in [0.717, 1.165) is 24.5 Å². The number of alkyl halides is 2. The highest BCUT2D eigenvalue weighted by Gasteiger charge is 2.35. The van der Waals surface area contributed by atoms with Crippen molar-refractivity contribution in [3.05, 3.63) is 63.0 Å². The van der Waals surface area contributed by atoms with Crippen LogP contribution in [0.25, 0.3) is 5.70 Å². The van der Waals surface area contributed by atoms with E-state index in [-0.39, 0.29) is 25.1 Å². The molecule has 1 aliphatic carbocycles. The second-order valence-electron chi connectivity index (χ2n) is 10.2. The maximum absolute atomic E-state index is 13.9. The molecule has 1 saturated heterocycles. The SMILES string of the molecule is CC(=O)O.Cc1nc(/C(N)=C(\Cn2ccc(CC3CC3)c(C)c2=O)N(C)N)ccc1N1CCCC(F)(F)C1. The minimum Gasteiger partial charge on any atom is -0.481 e. The number of nitrogens with two attached hydrogens (primary N) is 2. The molecule has 11 heteroatoms. The van der Waals surface area contributed by atoms with E-state index >= 15 is 0 Å². The number of carboxylic acids is 1. The van der Waals surface area contributed by atoms with E-state index in [1.165, 1.54) is 17.9 Å². The smallest absolute Gasteiger partial charge is 0.300 e. The molecule has 5 N–H and O–H groups in total. The third kappa shape index (κ3) is 7.53. The van der Waals surface area contributed by atoms with Crippen molar-refractivity contribution in [3.8, 4) is 0 Å². The first kappa shape index (κ1) is 29.1. The number of aliphatic carboxylic acids is 1. The van der Waals surface area contributed by atoms with Gasteiger partial charge in [0.2, 0.25) is 0 Å². The number of carbonyl (C=O) groups is 1. The first-order valence-electron chi connectivity index (χ1n) is 12.8. The molecule has 1 aliphatic heterocycles. The molecule has 0 amide bonds. The Bertz CT molecular complexity index is 1250. The molecule has 0 unspecified atom stereocenters. The molecule has 2 aliphatic rings. The Balaban J connectivity index is 0.000000934. The van der Waals surface area contributed by atoms with Crippen molar-refractivity contribution in [3.63, 3.8) is 0 Å². The lowest BCUT2D eigenvalue weighted by Crippen LogP contribution is -2.43. The van der Waals surface area contributed by atoms with E-state index in [4.69, 9.17) is 21.5 Å². The fourth-order valence-electron chi connectivity index (χ4n) is 4.61. The molecule has 0 spiro atoms. The number of hydrogen-bond donors (Lipinski definition) is 3. The quantitative estimate of drug-likeness (QED) is 0.366. The number of likely N-dealkylation sites (N-methyl/N-ethyl adjacent to an activating group) is 1. The molecule has 0 aromatic carbocycles. The molecule has 9 nitrogen and oxygen atoms in total. The molecule has 2 aromatic heterocycles. The Morgan fingerprint density at radius 3 is 2.47 bits per heavy atom.